The fourth-order valence-corrected chi connectivity index (χ4v) is 1.53. The van der Waals surface area contributed by atoms with E-state index in [1.165, 1.54) is 24.3 Å². The van der Waals surface area contributed by atoms with Crippen LogP contribution in [0.5, 0.6) is 0 Å². The normalized spacial score (nSPS) is 10.2. The van der Waals surface area contributed by atoms with Crippen LogP contribution in [-0.4, -0.2) is 15.9 Å². The van der Waals surface area contributed by atoms with Gasteiger partial charge in [-0.2, -0.15) is 0 Å². The van der Waals surface area contributed by atoms with Crippen molar-refractivity contribution in [3.05, 3.63) is 53.2 Å². The van der Waals surface area contributed by atoms with E-state index in [-0.39, 0.29) is 18.3 Å². The first kappa shape index (κ1) is 12.9. The summed E-state index contributed by atoms with van der Waals surface area (Å²) in [5.41, 5.74) is 6.74. The lowest BCUT2D eigenvalue weighted by Crippen LogP contribution is -2.23. The molecule has 2 rings (SSSR count). The van der Waals surface area contributed by atoms with Crippen LogP contribution in [0.4, 0.5) is 10.2 Å². The summed E-state index contributed by atoms with van der Waals surface area (Å²) in [5, 5.41) is 2.67. The third kappa shape index (κ3) is 3.25. The molecule has 0 aliphatic rings. The van der Waals surface area contributed by atoms with Gasteiger partial charge in [-0.15, -0.1) is 0 Å². The molecule has 0 bridgehead atoms. The molecule has 1 aromatic heterocycles. The van der Waals surface area contributed by atoms with Crippen LogP contribution in [0.2, 0.25) is 0 Å². The largest absolute Gasteiger partial charge is 0.383 e. The van der Waals surface area contributed by atoms with Gasteiger partial charge in [0.2, 0.25) is 0 Å². The van der Waals surface area contributed by atoms with Gasteiger partial charge in [0.1, 0.15) is 17.5 Å². The van der Waals surface area contributed by atoms with Crippen LogP contribution in [-0.2, 0) is 6.54 Å². The zero-order valence-corrected chi connectivity index (χ0v) is 10.4. The standard InChI is InChI=1S/C13H13FN4O/c1-8-16-6-10(12(15)18-8)7-17-13(19)9-2-4-11(14)5-3-9/h2-6H,7H2,1H3,(H,17,19)(H2,15,16,18). The summed E-state index contributed by atoms with van der Waals surface area (Å²) in [4.78, 5) is 19.8. The molecule has 19 heavy (non-hydrogen) atoms. The molecule has 6 heteroatoms. The van der Waals surface area contributed by atoms with Gasteiger partial charge < -0.3 is 11.1 Å². The number of benzene rings is 1. The van der Waals surface area contributed by atoms with Gasteiger partial charge in [0.05, 0.1) is 0 Å². The van der Waals surface area contributed by atoms with Gasteiger partial charge in [-0.1, -0.05) is 0 Å². The monoisotopic (exact) mass is 260 g/mol. The van der Waals surface area contributed by atoms with Crippen molar-refractivity contribution in [3.8, 4) is 0 Å². The lowest BCUT2D eigenvalue weighted by molar-refractivity contribution is 0.0951. The van der Waals surface area contributed by atoms with Crippen molar-refractivity contribution in [2.45, 2.75) is 13.5 Å². The number of aromatic nitrogens is 2. The summed E-state index contributed by atoms with van der Waals surface area (Å²) in [6, 6.07) is 5.30. The molecular weight excluding hydrogens is 247 g/mol. The van der Waals surface area contributed by atoms with E-state index in [0.717, 1.165) is 0 Å². The van der Waals surface area contributed by atoms with Gasteiger partial charge in [-0.3, -0.25) is 4.79 Å². The molecule has 1 aromatic carbocycles. The Bertz CT molecular complexity index is 598. The van der Waals surface area contributed by atoms with E-state index >= 15 is 0 Å². The summed E-state index contributed by atoms with van der Waals surface area (Å²) in [7, 11) is 0. The fourth-order valence-electron chi connectivity index (χ4n) is 1.53. The Morgan fingerprint density at radius 3 is 2.68 bits per heavy atom. The molecule has 3 N–H and O–H groups in total. The molecule has 98 valence electrons. The quantitative estimate of drug-likeness (QED) is 0.875. The fraction of sp³-hybridized carbons (Fsp3) is 0.154. The molecule has 0 spiro atoms. The number of aryl methyl sites for hydroxylation is 1. The first-order chi connectivity index (χ1) is 9.06. The van der Waals surface area contributed by atoms with Crippen molar-refractivity contribution >= 4 is 11.7 Å². The Labute approximate surface area is 109 Å². The molecule has 0 unspecified atom stereocenters. The number of carbonyl (C=O) groups is 1. The number of nitrogens with zero attached hydrogens (tertiary/aromatic N) is 2. The zero-order chi connectivity index (χ0) is 13.8. The lowest BCUT2D eigenvalue weighted by atomic mass is 10.2. The average Bonchev–Trinajstić information content (AvgIpc) is 2.38. The van der Waals surface area contributed by atoms with Crippen LogP contribution in [0.3, 0.4) is 0 Å². The van der Waals surface area contributed by atoms with E-state index in [9.17, 15) is 9.18 Å². The molecular formula is C13H13FN4O. The number of halogens is 1. The van der Waals surface area contributed by atoms with Crippen LogP contribution in [0.15, 0.2) is 30.5 Å². The SMILES string of the molecule is Cc1ncc(CNC(=O)c2ccc(F)cc2)c(N)n1. The minimum atomic E-state index is -0.382. The Morgan fingerprint density at radius 1 is 1.37 bits per heavy atom. The van der Waals surface area contributed by atoms with Crippen LogP contribution >= 0.6 is 0 Å². The van der Waals surface area contributed by atoms with E-state index in [1.54, 1.807) is 13.1 Å². The highest BCUT2D eigenvalue weighted by molar-refractivity contribution is 5.94. The molecule has 0 fully saturated rings. The van der Waals surface area contributed by atoms with E-state index in [1.807, 2.05) is 0 Å². The summed E-state index contributed by atoms with van der Waals surface area (Å²) in [6.07, 6.45) is 1.57. The zero-order valence-electron chi connectivity index (χ0n) is 10.4. The van der Waals surface area contributed by atoms with Crippen molar-refractivity contribution in [2.24, 2.45) is 0 Å². The molecule has 0 aliphatic carbocycles. The summed E-state index contributed by atoms with van der Waals surface area (Å²) >= 11 is 0. The molecule has 0 radical (unpaired) electrons. The third-order valence-corrected chi connectivity index (χ3v) is 2.56. The molecule has 1 heterocycles. The summed E-state index contributed by atoms with van der Waals surface area (Å²) < 4.78 is 12.7. The average molecular weight is 260 g/mol. The van der Waals surface area contributed by atoms with Crippen LogP contribution < -0.4 is 11.1 Å². The number of rotatable bonds is 3. The second kappa shape index (κ2) is 5.43. The Morgan fingerprint density at radius 2 is 2.05 bits per heavy atom. The first-order valence-electron chi connectivity index (χ1n) is 5.68. The van der Waals surface area contributed by atoms with Crippen molar-refractivity contribution in [3.63, 3.8) is 0 Å². The molecule has 0 saturated heterocycles. The van der Waals surface area contributed by atoms with Gasteiger partial charge in [0, 0.05) is 23.9 Å². The molecule has 0 atom stereocenters. The number of anilines is 1. The highest BCUT2D eigenvalue weighted by atomic mass is 19.1. The second-order valence-electron chi connectivity index (χ2n) is 4.02. The number of nitrogens with two attached hydrogens (primary N) is 1. The third-order valence-electron chi connectivity index (χ3n) is 2.56. The summed E-state index contributed by atoms with van der Waals surface area (Å²) in [6.45, 7) is 1.96. The van der Waals surface area contributed by atoms with Gasteiger partial charge in [0.25, 0.3) is 5.91 Å². The van der Waals surface area contributed by atoms with E-state index in [2.05, 4.69) is 15.3 Å². The number of nitrogen functional groups attached to an aromatic ring is 1. The smallest absolute Gasteiger partial charge is 0.251 e. The van der Waals surface area contributed by atoms with E-state index in [4.69, 9.17) is 5.73 Å². The predicted octanol–water partition coefficient (Wildman–Crippen LogP) is 1.44. The number of hydrogen-bond acceptors (Lipinski definition) is 4. The minimum Gasteiger partial charge on any atom is -0.383 e. The highest BCUT2D eigenvalue weighted by Crippen LogP contribution is 2.07. The maximum atomic E-state index is 12.7. The number of amides is 1. The Hall–Kier alpha value is -2.50. The van der Waals surface area contributed by atoms with Crippen molar-refractivity contribution in [1.29, 1.82) is 0 Å². The maximum Gasteiger partial charge on any atom is 0.251 e. The number of carbonyl (C=O) groups excluding carboxylic acids is 1. The predicted molar refractivity (Wildman–Crippen MR) is 68.8 cm³/mol. The molecule has 0 saturated carbocycles. The van der Waals surface area contributed by atoms with Crippen LogP contribution in [0.1, 0.15) is 21.7 Å². The lowest BCUT2D eigenvalue weighted by Gasteiger charge is -2.07. The molecule has 0 aliphatic heterocycles. The second-order valence-corrected chi connectivity index (χ2v) is 4.02. The highest BCUT2D eigenvalue weighted by Gasteiger charge is 2.07. The van der Waals surface area contributed by atoms with Crippen LogP contribution in [0.25, 0.3) is 0 Å². The number of hydrogen-bond donors (Lipinski definition) is 2. The van der Waals surface area contributed by atoms with Crippen molar-refractivity contribution in [2.75, 3.05) is 5.73 Å². The van der Waals surface area contributed by atoms with Crippen LogP contribution in [0, 0.1) is 12.7 Å². The first-order valence-corrected chi connectivity index (χ1v) is 5.68. The Balaban J connectivity index is 2.02. The van der Waals surface area contributed by atoms with E-state index < -0.39 is 0 Å². The summed E-state index contributed by atoms with van der Waals surface area (Å²) in [5.74, 6) is 0.228. The van der Waals surface area contributed by atoms with Crippen molar-refractivity contribution in [1.82, 2.24) is 15.3 Å². The minimum absolute atomic E-state index is 0.225. The van der Waals surface area contributed by atoms with Crippen molar-refractivity contribution < 1.29 is 9.18 Å². The number of nitrogens with one attached hydrogen (secondary N) is 1. The molecule has 1 amide bonds. The Kier molecular flexibility index (Phi) is 3.70. The van der Waals surface area contributed by atoms with Gasteiger partial charge >= 0.3 is 0 Å². The van der Waals surface area contributed by atoms with E-state index in [0.29, 0.717) is 22.8 Å². The topological polar surface area (TPSA) is 80.9 Å². The van der Waals surface area contributed by atoms with Gasteiger partial charge in [-0.05, 0) is 31.2 Å². The van der Waals surface area contributed by atoms with Gasteiger partial charge in [0.15, 0.2) is 0 Å². The molecule has 2 aromatic rings. The van der Waals surface area contributed by atoms with Gasteiger partial charge in [-0.25, -0.2) is 14.4 Å². The molecule has 5 nitrogen and oxygen atoms in total. The maximum absolute atomic E-state index is 12.7.